The maximum atomic E-state index is 10.2. The van der Waals surface area contributed by atoms with Crippen LogP contribution in [0.2, 0.25) is 0 Å². The van der Waals surface area contributed by atoms with Gasteiger partial charge in [-0.3, -0.25) is 4.79 Å². The Kier molecular flexibility index (Phi) is 26.9. The van der Waals surface area contributed by atoms with Crippen molar-refractivity contribution in [3.63, 3.8) is 0 Å². The molecule has 0 aliphatic heterocycles. The fraction of sp³-hybridized carbons (Fsp3) is 0.870. The molecular weight excluding hydrogens is 308 g/mol. The van der Waals surface area contributed by atoms with Crippen molar-refractivity contribution in [3.8, 4) is 0 Å². The molecule has 0 saturated carbocycles. The molecule has 0 spiro atoms. The Morgan fingerprint density at radius 3 is 1.40 bits per heavy atom. The van der Waals surface area contributed by atoms with E-state index in [4.69, 9.17) is 5.11 Å². The van der Waals surface area contributed by atoms with E-state index >= 15 is 0 Å². The standard InChI is InChI=1S/C12H24O2.C11H22/c1-2-3-4-5-6-7-8-9-10-11-12(13)14;1-3-5-7-9-11-10-8-6-4-2/h2-11H2,1H3,(H,13,14);3H,1,4-11H2,2H3. The van der Waals surface area contributed by atoms with Crippen LogP contribution in [0.5, 0.6) is 0 Å². The summed E-state index contributed by atoms with van der Waals surface area (Å²) in [4.78, 5) is 10.2. The first kappa shape index (κ1) is 26.4. The van der Waals surface area contributed by atoms with Crippen LogP contribution in [0.1, 0.15) is 129 Å². The number of carbonyl (C=O) groups is 1. The highest BCUT2D eigenvalue weighted by molar-refractivity contribution is 5.66. The van der Waals surface area contributed by atoms with E-state index in [1.807, 2.05) is 6.08 Å². The Morgan fingerprint density at radius 2 is 1.04 bits per heavy atom. The first-order valence-electron chi connectivity index (χ1n) is 11.0. The van der Waals surface area contributed by atoms with Crippen LogP contribution in [-0.2, 0) is 4.79 Å². The Balaban J connectivity index is 0. The van der Waals surface area contributed by atoms with Gasteiger partial charge in [-0.1, -0.05) is 110 Å². The summed E-state index contributed by atoms with van der Waals surface area (Å²) in [5.74, 6) is -0.659. The smallest absolute Gasteiger partial charge is 0.303 e. The van der Waals surface area contributed by atoms with E-state index in [9.17, 15) is 4.79 Å². The first-order chi connectivity index (χ1) is 12.2. The molecule has 150 valence electrons. The van der Waals surface area contributed by atoms with Crippen LogP contribution in [0.15, 0.2) is 12.7 Å². The summed E-state index contributed by atoms with van der Waals surface area (Å²) in [6, 6.07) is 0. The predicted molar refractivity (Wildman–Crippen MR) is 112 cm³/mol. The van der Waals surface area contributed by atoms with Crippen molar-refractivity contribution < 1.29 is 9.90 Å². The highest BCUT2D eigenvalue weighted by Gasteiger charge is 1.96. The number of rotatable bonds is 18. The maximum Gasteiger partial charge on any atom is 0.303 e. The summed E-state index contributed by atoms with van der Waals surface area (Å²) < 4.78 is 0. The van der Waals surface area contributed by atoms with Gasteiger partial charge in [0.2, 0.25) is 0 Å². The van der Waals surface area contributed by atoms with Crippen LogP contribution in [0.4, 0.5) is 0 Å². The molecule has 2 heteroatoms. The highest BCUT2D eigenvalue weighted by atomic mass is 16.4. The molecule has 0 unspecified atom stereocenters. The summed E-state index contributed by atoms with van der Waals surface area (Å²) in [6.45, 7) is 8.20. The minimum absolute atomic E-state index is 0.343. The Hall–Kier alpha value is -0.790. The predicted octanol–water partition coefficient (Wildman–Crippen LogP) is 8.31. The second-order valence-corrected chi connectivity index (χ2v) is 7.17. The van der Waals surface area contributed by atoms with Crippen molar-refractivity contribution in [1.29, 1.82) is 0 Å². The maximum absolute atomic E-state index is 10.2. The first-order valence-corrected chi connectivity index (χ1v) is 11.0. The van der Waals surface area contributed by atoms with Crippen molar-refractivity contribution >= 4 is 5.97 Å². The fourth-order valence-corrected chi connectivity index (χ4v) is 2.83. The lowest BCUT2D eigenvalue weighted by atomic mass is 10.1. The lowest BCUT2D eigenvalue weighted by molar-refractivity contribution is -0.137. The van der Waals surface area contributed by atoms with Gasteiger partial charge < -0.3 is 5.11 Å². The molecule has 0 atom stereocenters. The SMILES string of the molecule is C=CCCCCCCCCC.CCCCCCCCCCCC(=O)O. The van der Waals surface area contributed by atoms with E-state index in [-0.39, 0.29) is 0 Å². The van der Waals surface area contributed by atoms with Crippen molar-refractivity contribution in [1.82, 2.24) is 0 Å². The Labute approximate surface area is 158 Å². The minimum Gasteiger partial charge on any atom is -0.481 e. The van der Waals surface area contributed by atoms with Gasteiger partial charge in [0, 0.05) is 6.42 Å². The number of carboxylic acids is 1. The minimum atomic E-state index is -0.659. The molecule has 0 amide bonds. The van der Waals surface area contributed by atoms with Crippen LogP contribution < -0.4 is 0 Å². The number of allylic oxidation sites excluding steroid dienone is 1. The highest BCUT2D eigenvalue weighted by Crippen LogP contribution is 2.10. The summed E-state index contributed by atoms with van der Waals surface area (Å²) in [5, 5.41) is 8.41. The second kappa shape index (κ2) is 25.5. The van der Waals surface area contributed by atoms with Crippen molar-refractivity contribution in [3.05, 3.63) is 12.7 Å². The molecular formula is C23H46O2. The van der Waals surface area contributed by atoms with Crippen LogP contribution in [0, 0.1) is 0 Å². The van der Waals surface area contributed by atoms with E-state index in [1.54, 1.807) is 0 Å². The lowest BCUT2D eigenvalue weighted by Gasteiger charge is -2.00. The van der Waals surface area contributed by atoms with E-state index in [0.29, 0.717) is 6.42 Å². The molecule has 0 fully saturated rings. The van der Waals surface area contributed by atoms with Crippen LogP contribution in [-0.4, -0.2) is 11.1 Å². The molecule has 0 bridgehead atoms. The molecule has 0 aromatic heterocycles. The van der Waals surface area contributed by atoms with Crippen molar-refractivity contribution in [2.75, 3.05) is 0 Å². The van der Waals surface area contributed by atoms with Crippen LogP contribution in [0.25, 0.3) is 0 Å². The third kappa shape index (κ3) is 31.5. The van der Waals surface area contributed by atoms with Gasteiger partial charge in [0.15, 0.2) is 0 Å². The van der Waals surface area contributed by atoms with Gasteiger partial charge in [-0.15, -0.1) is 6.58 Å². The molecule has 0 aromatic rings. The van der Waals surface area contributed by atoms with Crippen molar-refractivity contribution in [2.24, 2.45) is 0 Å². The molecule has 0 radical (unpaired) electrons. The van der Waals surface area contributed by atoms with Crippen molar-refractivity contribution in [2.45, 2.75) is 129 Å². The molecule has 0 aliphatic rings. The van der Waals surface area contributed by atoms with Gasteiger partial charge in [0.25, 0.3) is 0 Å². The summed E-state index contributed by atoms with van der Waals surface area (Å²) in [6.07, 6.45) is 24.5. The third-order valence-electron chi connectivity index (χ3n) is 4.51. The van der Waals surface area contributed by atoms with Gasteiger partial charge in [0.05, 0.1) is 0 Å². The fourth-order valence-electron chi connectivity index (χ4n) is 2.83. The molecule has 25 heavy (non-hydrogen) atoms. The van der Waals surface area contributed by atoms with Crippen LogP contribution >= 0.6 is 0 Å². The van der Waals surface area contributed by atoms with Gasteiger partial charge in [-0.25, -0.2) is 0 Å². The monoisotopic (exact) mass is 354 g/mol. The van der Waals surface area contributed by atoms with Gasteiger partial charge in [-0.05, 0) is 19.3 Å². The average Bonchev–Trinajstić information content (AvgIpc) is 2.60. The number of hydrogen-bond donors (Lipinski definition) is 1. The Bertz CT molecular complexity index is 261. The number of hydrogen-bond acceptors (Lipinski definition) is 1. The van der Waals surface area contributed by atoms with Gasteiger partial charge in [0.1, 0.15) is 0 Å². The van der Waals surface area contributed by atoms with E-state index in [2.05, 4.69) is 20.4 Å². The quantitative estimate of drug-likeness (QED) is 0.198. The molecule has 2 nitrogen and oxygen atoms in total. The second-order valence-electron chi connectivity index (χ2n) is 7.17. The zero-order chi connectivity index (χ0) is 19.0. The molecule has 0 rings (SSSR count). The molecule has 0 heterocycles. The number of carboxylic acid groups (broad SMARTS) is 1. The molecule has 0 aliphatic carbocycles. The van der Waals surface area contributed by atoms with Gasteiger partial charge >= 0.3 is 5.97 Å². The van der Waals surface area contributed by atoms with Crippen LogP contribution in [0.3, 0.4) is 0 Å². The summed E-state index contributed by atoms with van der Waals surface area (Å²) in [7, 11) is 0. The third-order valence-corrected chi connectivity index (χ3v) is 4.51. The number of aliphatic carboxylic acids is 1. The Morgan fingerprint density at radius 1 is 0.680 bits per heavy atom. The zero-order valence-corrected chi connectivity index (χ0v) is 17.4. The summed E-state index contributed by atoms with van der Waals surface area (Å²) in [5.41, 5.74) is 0. The molecule has 0 aromatic carbocycles. The largest absolute Gasteiger partial charge is 0.481 e. The molecule has 1 N–H and O–H groups in total. The van der Waals surface area contributed by atoms with E-state index in [1.165, 1.54) is 96.3 Å². The summed E-state index contributed by atoms with van der Waals surface area (Å²) >= 11 is 0. The normalized spacial score (nSPS) is 10.2. The number of unbranched alkanes of at least 4 members (excludes halogenated alkanes) is 15. The lowest BCUT2D eigenvalue weighted by Crippen LogP contribution is -1.93. The average molecular weight is 355 g/mol. The topological polar surface area (TPSA) is 37.3 Å². The molecule has 0 saturated heterocycles. The van der Waals surface area contributed by atoms with E-state index in [0.717, 1.165) is 12.8 Å². The zero-order valence-electron chi connectivity index (χ0n) is 17.4. The van der Waals surface area contributed by atoms with E-state index < -0.39 is 5.97 Å². The van der Waals surface area contributed by atoms with Gasteiger partial charge in [-0.2, -0.15) is 0 Å².